The highest BCUT2D eigenvalue weighted by atomic mass is 32.2. The molecule has 2 heterocycles. The Hall–Kier alpha value is -2.65. The summed E-state index contributed by atoms with van der Waals surface area (Å²) in [6, 6.07) is 9.61. The Morgan fingerprint density at radius 1 is 1.18 bits per heavy atom. The van der Waals surface area contributed by atoms with E-state index in [1.807, 2.05) is 35.0 Å². The van der Waals surface area contributed by atoms with Crippen LogP contribution in [-0.2, 0) is 11.3 Å². The largest absolute Gasteiger partial charge is 0.310 e. The Balaban J connectivity index is 1.47. The van der Waals surface area contributed by atoms with E-state index in [1.54, 1.807) is 10.8 Å². The molecule has 34 heavy (non-hydrogen) atoms. The minimum atomic E-state index is -0.123. The van der Waals surface area contributed by atoms with Gasteiger partial charge in [0.15, 0.2) is 5.16 Å². The SMILES string of the molecule is CCN(CC)CCCn1c(SCC(=O)Nc2ccnn2C2CCCC2)nc2ccccc2c1=O. The number of anilines is 1. The maximum Gasteiger partial charge on any atom is 0.262 e. The molecule has 1 aromatic carbocycles. The number of nitrogens with zero attached hydrogens (tertiary/aromatic N) is 5. The Labute approximate surface area is 204 Å². The van der Waals surface area contributed by atoms with Crippen LogP contribution in [0, 0.1) is 0 Å². The lowest BCUT2D eigenvalue weighted by Crippen LogP contribution is -2.28. The first-order chi connectivity index (χ1) is 16.6. The van der Waals surface area contributed by atoms with Crippen LogP contribution in [-0.4, -0.2) is 55.5 Å². The summed E-state index contributed by atoms with van der Waals surface area (Å²) in [6.45, 7) is 7.76. The van der Waals surface area contributed by atoms with Gasteiger partial charge in [-0.2, -0.15) is 5.10 Å². The van der Waals surface area contributed by atoms with E-state index in [4.69, 9.17) is 4.98 Å². The fourth-order valence-electron chi connectivity index (χ4n) is 4.61. The minimum absolute atomic E-state index is 0.0487. The first-order valence-corrected chi connectivity index (χ1v) is 13.3. The molecule has 1 N–H and O–H groups in total. The van der Waals surface area contributed by atoms with Gasteiger partial charge in [-0.3, -0.25) is 14.2 Å². The lowest BCUT2D eigenvalue weighted by atomic mass is 10.2. The first kappa shape index (κ1) is 24.5. The number of fused-ring (bicyclic) bond motifs is 1. The maximum absolute atomic E-state index is 13.2. The van der Waals surface area contributed by atoms with Crippen molar-refractivity contribution in [3.8, 4) is 0 Å². The van der Waals surface area contributed by atoms with Gasteiger partial charge in [0.2, 0.25) is 5.91 Å². The first-order valence-electron chi connectivity index (χ1n) is 12.3. The molecular weight excluding hydrogens is 448 g/mol. The van der Waals surface area contributed by atoms with E-state index in [-0.39, 0.29) is 17.2 Å². The molecule has 1 fully saturated rings. The molecular formula is C25H34N6O2S. The Morgan fingerprint density at radius 2 is 1.94 bits per heavy atom. The molecule has 1 aliphatic rings. The number of para-hydroxylation sites is 1. The Bertz CT molecular complexity index is 1160. The number of carbonyl (C=O) groups is 1. The van der Waals surface area contributed by atoms with E-state index in [2.05, 4.69) is 29.2 Å². The van der Waals surface area contributed by atoms with Gasteiger partial charge in [0.1, 0.15) is 5.82 Å². The molecule has 0 radical (unpaired) electrons. The number of amides is 1. The van der Waals surface area contributed by atoms with Crippen LogP contribution in [0.1, 0.15) is 52.0 Å². The van der Waals surface area contributed by atoms with E-state index in [1.165, 1.54) is 24.6 Å². The van der Waals surface area contributed by atoms with Crippen molar-refractivity contribution in [1.82, 2.24) is 24.2 Å². The number of benzene rings is 1. The smallest absolute Gasteiger partial charge is 0.262 e. The molecule has 8 nitrogen and oxygen atoms in total. The highest BCUT2D eigenvalue weighted by Gasteiger charge is 2.21. The lowest BCUT2D eigenvalue weighted by molar-refractivity contribution is -0.113. The summed E-state index contributed by atoms with van der Waals surface area (Å²) in [5, 5.41) is 8.62. The van der Waals surface area contributed by atoms with Crippen LogP contribution in [0.4, 0.5) is 5.82 Å². The molecule has 1 saturated carbocycles. The van der Waals surface area contributed by atoms with Crippen LogP contribution in [0.25, 0.3) is 10.9 Å². The summed E-state index contributed by atoms with van der Waals surface area (Å²) in [6.07, 6.45) is 7.18. The normalized spacial score (nSPS) is 14.3. The molecule has 0 unspecified atom stereocenters. The standard InChI is InChI=1S/C25H34N6O2S/c1-3-29(4-2)16-9-17-30-24(33)20-12-7-8-13-21(20)27-25(30)34-18-23(32)28-22-14-15-26-31(22)19-10-5-6-11-19/h7-8,12-15,19H,3-6,9-11,16-18H2,1-2H3,(H,28,32). The summed E-state index contributed by atoms with van der Waals surface area (Å²) >= 11 is 1.31. The molecule has 3 aromatic rings. The van der Waals surface area contributed by atoms with E-state index >= 15 is 0 Å². The van der Waals surface area contributed by atoms with E-state index in [9.17, 15) is 9.59 Å². The van der Waals surface area contributed by atoms with Gasteiger partial charge in [-0.05, 0) is 51.0 Å². The van der Waals surface area contributed by atoms with Gasteiger partial charge < -0.3 is 10.2 Å². The van der Waals surface area contributed by atoms with Crippen molar-refractivity contribution in [2.45, 2.75) is 63.7 Å². The monoisotopic (exact) mass is 482 g/mol. The molecule has 182 valence electrons. The molecule has 4 rings (SSSR count). The zero-order valence-corrected chi connectivity index (χ0v) is 20.9. The third-order valence-electron chi connectivity index (χ3n) is 6.52. The lowest BCUT2D eigenvalue weighted by Gasteiger charge is -2.19. The number of hydrogen-bond acceptors (Lipinski definition) is 6. The number of carbonyl (C=O) groups excluding carboxylic acids is 1. The zero-order chi connectivity index (χ0) is 23.9. The Morgan fingerprint density at radius 3 is 2.71 bits per heavy atom. The minimum Gasteiger partial charge on any atom is -0.310 e. The fourth-order valence-corrected chi connectivity index (χ4v) is 5.43. The maximum atomic E-state index is 13.2. The highest BCUT2D eigenvalue weighted by Crippen LogP contribution is 2.31. The molecule has 1 amide bonds. The van der Waals surface area contributed by atoms with E-state index in [0.717, 1.165) is 44.7 Å². The van der Waals surface area contributed by atoms with Crippen molar-refractivity contribution < 1.29 is 4.79 Å². The van der Waals surface area contributed by atoms with Crippen LogP contribution in [0.2, 0.25) is 0 Å². The molecule has 0 atom stereocenters. The van der Waals surface area contributed by atoms with Crippen molar-refractivity contribution in [1.29, 1.82) is 0 Å². The number of nitrogens with one attached hydrogen (secondary N) is 1. The predicted molar refractivity (Wildman–Crippen MR) is 137 cm³/mol. The molecule has 1 aliphatic carbocycles. The van der Waals surface area contributed by atoms with E-state index in [0.29, 0.717) is 28.6 Å². The zero-order valence-electron chi connectivity index (χ0n) is 20.1. The predicted octanol–water partition coefficient (Wildman–Crippen LogP) is 4.17. The van der Waals surface area contributed by atoms with Crippen LogP contribution in [0.3, 0.4) is 0 Å². The average molecular weight is 483 g/mol. The molecule has 0 bridgehead atoms. The quantitative estimate of drug-likeness (QED) is 0.326. The highest BCUT2D eigenvalue weighted by molar-refractivity contribution is 7.99. The fraction of sp³-hybridized carbons (Fsp3) is 0.520. The second-order valence-corrected chi connectivity index (χ2v) is 9.63. The van der Waals surface area contributed by atoms with Gasteiger partial charge in [0.25, 0.3) is 5.56 Å². The van der Waals surface area contributed by atoms with Gasteiger partial charge in [0, 0.05) is 12.6 Å². The van der Waals surface area contributed by atoms with Crippen LogP contribution < -0.4 is 10.9 Å². The second kappa shape index (κ2) is 11.7. The number of thioether (sulfide) groups is 1. The summed E-state index contributed by atoms with van der Waals surface area (Å²) in [5.41, 5.74) is 0.613. The van der Waals surface area contributed by atoms with Gasteiger partial charge in [-0.15, -0.1) is 0 Å². The summed E-state index contributed by atoms with van der Waals surface area (Å²) in [5.74, 6) is 0.791. The third-order valence-corrected chi connectivity index (χ3v) is 7.49. The van der Waals surface area contributed by atoms with Crippen LogP contribution >= 0.6 is 11.8 Å². The van der Waals surface area contributed by atoms with Gasteiger partial charge in [0.05, 0.1) is 28.9 Å². The average Bonchev–Trinajstić information content (AvgIpc) is 3.54. The number of hydrogen-bond donors (Lipinski definition) is 1. The second-order valence-electron chi connectivity index (χ2n) is 8.68. The van der Waals surface area contributed by atoms with Crippen LogP contribution in [0.5, 0.6) is 0 Å². The molecule has 0 saturated heterocycles. The van der Waals surface area contributed by atoms with E-state index < -0.39 is 0 Å². The number of rotatable bonds is 11. The molecule has 2 aromatic heterocycles. The van der Waals surface area contributed by atoms with Crippen molar-refractivity contribution in [2.75, 3.05) is 30.7 Å². The molecule has 0 spiro atoms. The van der Waals surface area contributed by atoms with Gasteiger partial charge in [-0.1, -0.05) is 50.6 Å². The number of aromatic nitrogens is 4. The summed E-state index contributed by atoms with van der Waals surface area (Å²) in [4.78, 5) is 33.1. The van der Waals surface area contributed by atoms with Crippen LogP contribution in [0.15, 0.2) is 46.5 Å². The molecule has 0 aliphatic heterocycles. The van der Waals surface area contributed by atoms with Gasteiger partial charge >= 0.3 is 0 Å². The third kappa shape index (κ3) is 5.70. The Kier molecular flexibility index (Phi) is 8.39. The topological polar surface area (TPSA) is 85.1 Å². The van der Waals surface area contributed by atoms with Gasteiger partial charge in [-0.25, -0.2) is 9.67 Å². The summed E-state index contributed by atoms with van der Waals surface area (Å²) < 4.78 is 3.67. The van der Waals surface area contributed by atoms with Crippen molar-refractivity contribution in [3.63, 3.8) is 0 Å². The van der Waals surface area contributed by atoms with Crippen molar-refractivity contribution in [3.05, 3.63) is 46.9 Å². The van der Waals surface area contributed by atoms with Crippen molar-refractivity contribution in [2.24, 2.45) is 0 Å². The summed E-state index contributed by atoms with van der Waals surface area (Å²) in [7, 11) is 0. The van der Waals surface area contributed by atoms with Crippen molar-refractivity contribution >= 4 is 34.4 Å². The molecule has 9 heteroatoms.